The molecule has 0 saturated carbocycles. The molecular weight excluding hydrogens is 328 g/mol. The molecule has 0 aliphatic carbocycles. The Bertz CT molecular complexity index is 638. The summed E-state index contributed by atoms with van der Waals surface area (Å²) in [7, 11) is 3.82. The van der Waals surface area contributed by atoms with Crippen LogP contribution >= 0.6 is 0 Å². The maximum Gasteiger partial charge on any atom is 0.223 e. The maximum atomic E-state index is 13.2. The molecule has 1 aromatic rings. The van der Waals surface area contributed by atoms with Crippen molar-refractivity contribution in [1.29, 1.82) is 0 Å². The molecule has 2 aliphatic rings. The van der Waals surface area contributed by atoms with E-state index >= 15 is 0 Å². The Morgan fingerprint density at radius 2 is 1.88 bits per heavy atom. The fourth-order valence-corrected chi connectivity index (χ4v) is 4.49. The van der Waals surface area contributed by atoms with Gasteiger partial charge in [0, 0.05) is 50.2 Å². The van der Waals surface area contributed by atoms with Gasteiger partial charge in [0.2, 0.25) is 5.91 Å². The van der Waals surface area contributed by atoms with Crippen LogP contribution in [0.1, 0.15) is 38.7 Å². The lowest BCUT2D eigenvalue weighted by atomic mass is 9.66. The van der Waals surface area contributed by atoms with Gasteiger partial charge in [-0.3, -0.25) is 4.79 Å². The maximum absolute atomic E-state index is 13.2. The summed E-state index contributed by atoms with van der Waals surface area (Å²) in [6.07, 6.45) is 2.18. The Kier molecular flexibility index (Phi) is 5.58. The summed E-state index contributed by atoms with van der Waals surface area (Å²) in [6, 6.07) is 8.16. The molecule has 3 rings (SSSR count). The topological polar surface area (TPSA) is 42.0 Å². The number of benzene rings is 1. The smallest absolute Gasteiger partial charge is 0.223 e. The number of carbonyl (C=O) groups is 1. The van der Waals surface area contributed by atoms with E-state index in [-0.39, 0.29) is 16.9 Å². The van der Waals surface area contributed by atoms with Gasteiger partial charge in [-0.25, -0.2) is 0 Å². The highest BCUT2D eigenvalue weighted by Crippen LogP contribution is 2.47. The van der Waals surface area contributed by atoms with Crippen LogP contribution in [-0.2, 0) is 14.9 Å². The predicted octanol–water partition coefficient (Wildman–Crippen LogP) is 2.69. The molecule has 1 amide bonds. The van der Waals surface area contributed by atoms with Gasteiger partial charge < -0.3 is 19.3 Å². The monoisotopic (exact) mass is 360 g/mol. The summed E-state index contributed by atoms with van der Waals surface area (Å²) in [6.45, 7) is 8.44. The van der Waals surface area contributed by atoms with Crippen LogP contribution < -0.4 is 4.74 Å². The SMILES string of the molecule is COc1ccccc1C1(CC(=O)N2CCN(C)CC2)CCOC(C)(C)C1. The van der Waals surface area contributed by atoms with E-state index in [0.717, 1.165) is 50.3 Å². The quantitative estimate of drug-likeness (QED) is 0.828. The van der Waals surface area contributed by atoms with Crippen molar-refractivity contribution < 1.29 is 14.3 Å². The largest absolute Gasteiger partial charge is 0.496 e. The Morgan fingerprint density at radius 3 is 2.54 bits per heavy atom. The first-order valence-electron chi connectivity index (χ1n) is 9.59. The third kappa shape index (κ3) is 4.04. The third-order valence-corrected chi connectivity index (χ3v) is 5.86. The van der Waals surface area contributed by atoms with Crippen molar-refractivity contribution in [2.24, 2.45) is 0 Å². The molecule has 1 unspecified atom stereocenters. The number of hydrogen-bond acceptors (Lipinski definition) is 4. The van der Waals surface area contributed by atoms with Gasteiger partial charge in [0.15, 0.2) is 0 Å². The standard InChI is InChI=1S/C21H32N2O3/c1-20(2)16-21(9-14-26-20,17-7-5-6-8-18(17)25-4)15-19(24)23-12-10-22(3)11-13-23/h5-8H,9-16H2,1-4H3. The molecule has 0 N–H and O–H groups in total. The van der Waals surface area contributed by atoms with Gasteiger partial charge >= 0.3 is 0 Å². The minimum absolute atomic E-state index is 0.241. The van der Waals surface area contributed by atoms with Crippen LogP contribution in [0.3, 0.4) is 0 Å². The van der Waals surface area contributed by atoms with Crippen LogP contribution in [-0.4, -0.2) is 68.3 Å². The molecule has 5 nitrogen and oxygen atoms in total. The number of para-hydroxylation sites is 1. The Hall–Kier alpha value is -1.59. The zero-order valence-corrected chi connectivity index (χ0v) is 16.6. The predicted molar refractivity (Wildman–Crippen MR) is 103 cm³/mol. The van der Waals surface area contributed by atoms with Gasteiger partial charge in [-0.2, -0.15) is 0 Å². The highest BCUT2D eigenvalue weighted by molar-refractivity contribution is 5.78. The minimum atomic E-state index is -0.249. The molecular formula is C21H32N2O3. The van der Waals surface area contributed by atoms with Gasteiger partial charge in [-0.1, -0.05) is 18.2 Å². The Morgan fingerprint density at radius 1 is 1.19 bits per heavy atom. The molecule has 5 heteroatoms. The summed E-state index contributed by atoms with van der Waals surface area (Å²) < 4.78 is 11.6. The number of carbonyl (C=O) groups excluding carboxylic acids is 1. The van der Waals surface area contributed by atoms with Crippen molar-refractivity contribution in [1.82, 2.24) is 9.80 Å². The van der Waals surface area contributed by atoms with Crippen LogP contribution in [0.5, 0.6) is 5.75 Å². The van der Waals surface area contributed by atoms with Gasteiger partial charge in [0.25, 0.3) is 0 Å². The zero-order valence-electron chi connectivity index (χ0n) is 16.6. The molecule has 0 spiro atoms. The van der Waals surface area contributed by atoms with E-state index in [0.29, 0.717) is 13.0 Å². The summed E-state index contributed by atoms with van der Waals surface area (Å²) in [5, 5.41) is 0. The van der Waals surface area contributed by atoms with Crippen LogP contribution in [0.2, 0.25) is 0 Å². The average Bonchev–Trinajstić information content (AvgIpc) is 2.61. The van der Waals surface area contributed by atoms with Gasteiger partial charge in [0.05, 0.1) is 12.7 Å². The van der Waals surface area contributed by atoms with Crippen molar-refractivity contribution >= 4 is 5.91 Å². The first kappa shape index (κ1) is 19.2. The zero-order chi connectivity index (χ0) is 18.8. The average molecular weight is 360 g/mol. The van der Waals surface area contributed by atoms with E-state index in [1.54, 1.807) is 7.11 Å². The molecule has 26 heavy (non-hydrogen) atoms. The van der Waals surface area contributed by atoms with Crippen molar-refractivity contribution in [3.63, 3.8) is 0 Å². The third-order valence-electron chi connectivity index (χ3n) is 5.86. The number of rotatable bonds is 4. The number of nitrogens with zero attached hydrogens (tertiary/aromatic N) is 2. The molecule has 1 aromatic carbocycles. The molecule has 1 atom stereocenters. The molecule has 2 aliphatic heterocycles. The number of amides is 1. The van der Waals surface area contributed by atoms with Gasteiger partial charge in [-0.05, 0) is 39.8 Å². The number of ether oxygens (including phenoxy) is 2. The van der Waals surface area contributed by atoms with Crippen LogP contribution in [0.4, 0.5) is 0 Å². The summed E-state index contributed by atoms with van der Waals surface area (Å²) in [4.78, 5) is 17.5. The van der Waals surface area contributed by atoms with Crippen molar-refractivity contribution in [2.75, 3.05) is 46.9 Å². The normalized spacial score (nSPS) is 26.5. The van der Waals surface area contributed by atoms with Crippen molar-refractivity contribution in [3.8, 4) is 5.75 Å². The van der Waals surface area contributed by atoms with E-state index in [9.17, 15) is 4.79 Å². The second-order valence-electron chi connectivity index (χ2n) is 8.38. The van der Waals surface area contributed by atoms with Crippen molar-refractivity contribution in [3.05, 3.63) is 29.8 Å². The number of piperazine rings is 1. The van der Waals surface area contributed by atoms with Crippen LogP contribution in [0.15, 0.2) is 24.3 Å². The minimum Gasteiger partial charge on any atom is -0.496 e. The molecule has 0 radical (unpaired) electrons. The van der Waals surface area contributed by atoms with E-state index < -0.39 is 0 Å². The lowest BCUT2D eigenvalue weighted by molar-refractivity contribution is -0.138. The highest BCUT2D eigenvalue weighted by atomic mass is 16.5. The molecule has 2 heterocycles. The number of hydrogen-bond donors (Lipinski definition) is 0. The molecule has 2 saturated heterocycles. The molecule has 0 bridgehead atoms. The fraction of sp³-hybridized carbons (Fsp3) is 0.667. The number of likely N-dealkylation sites (N-methyl/N-ethyl adjacent to an activating group) is 1. The summed E-state index contributed by atoms with van der Waals surface area (Å²) in [5.41, 5.74) is 0.650. The summed E-state index contributed by atoms with van der Waals surface area (Å²) >= 11 is 0. The highest BCUT2D eigenvalue weighted by Gasteiger charge is 2.45. The Labute approximate surface area is 157 Å². The van der Waals surface area contributed by atoms with E-state index in [2.05, 4.69) is 31.9 Å². The molecule has 2 fully saturated rings. The van der Waals surface area contributed by atoms with Crippen LogP contribution in [0, 0.1) is 0 Å². The second kappa shape index (κ2) is 7.57. The number of methoxy groups -OCH3 is 1. The fourth-order valence-electron chi connectivity index (χ4n) is 4.49. The van der Waals surface area contributed by atoms with Gasteiger partial charge in [-0.15, -0.1) is 0 Å². The van der Waals surface area contributed by atoms with Crippen molar-refractivity contribution in [2.45, 2.75) is 44.1 Å². The summed E-state index contributed by atoms with van der Waals surface area (Å²) in [5.74, 6) is 1.12. The molecule has 144 valence electrons. The van der Waals surface area contributed by atoms with E-state index in [4.69, 9.17) is 9.47 Å². The van der Waals surface area contributed by atoms with E-state index in [1.807, 2.05) is 23.1 Å². The van der Waals surface area contributed by atoms with Gasteiger partial charge in [0.1, 0.15) is 5.75 Å². The van der Waals surface area contributed by atoms with E-state index in [1.165, 1.54) is 0 Å². The van der Waals surface area contributed by atoms with Crippen LogP contribution in [0.25, 0.3) is 0 Å². The lowest BCUT2D eigenvalue weighted by Gasteiger charge is -2.46. The first-order valence-corrected chi connectivity index (χ1v) is 9.59. The Balaban J connectivity index is 1.90. The molecule has 0 aromatic heterocycles. The first-order chi connectivity index (χ1) is 12.4. The second-order valence-corrected chi connectivity index (χ2v) is 8.38. The lowest BCUT2D eigenvalue weighted by Crippen LogP contribution is -2.51.